The lowest BCUT2D eigenvalue weighted by molar-refractivity contribution is -0.120. The van der Waals surface area contributed by atoms with Crippen LogP contribution in [0, 0.1) is 23.7 Å². The van der Waals surface area contributed by atoms with E-state index in [1.54, 1.807) is 0 Å². The lowest BCUT2D eigenvalue weighted by Crippen LogP contribution is -2.54. The van der Waals surface area contributed by atoms with Crippen LogP contribution in [-0.2, 0) is 4.79 Å². The summed E-state index contributed by atoms with van der Waals surface area (Å²) < 4.78 is 0. The molecule has 3 N–H and O–H groups in total. The molecule has 5 nitrogen and oxygen atoms in total. The number of nitrogens with one attached hydrogen (secondary N) is 3. The zero-order valence-corrected chi connectivity index (χ0v) is 21.6. The maximum atomic E-state index is 12.6. The van der Waals surface area contributed by atoms with Crippen molar-refractivity contribution in [2.75, 3.05) is 10.6 Å². The Morgan fingerprint density at radius 1 is 0.784 bits per heavy atom. The van der Waals surface area contributed by atoms with Crippen LogP contribution in [0.4, 0.5) is 11.4 Å². The molecule has 0 radical (unpaired) electrons. The Morgan fingerprint density at radius 2 is 1.38 bits per heavy atom. The molecule has 8 rings (SSSR count). The van der Waals surface area contributed by atoms with Crippen LogP contribution in [0.3, 0.4) is 0 Å². The number of carbonyl (C=O) groups is 1. The van der Waals surface area contributed by atoms with Crippen molar-refractivity contribution in [2.24, 2.45) is 23.7 Å². The largest absolute Gasteiger partial charge is 0.380 e. The second-order valence-electron chi connectivity index (χ2n) is 12.4. The second kappa shape index (κ2) is 9.34. The van der Waals surface area contributed by atoms with Crippen molar-refractivity contribution < 1.29 is 4.79 Å². The summed E-state index contributed by atoms with van der Waals surface area (Å²) in [5.41, 5.74) is 5.57. The molecule has 5 aliphatic rings. The van der Waals surface area contributed by atoms with Gasteiger partial charge in [0.25, 0.3) is 0 Å². The van der Waals surface area contributed by atoms with Crippen LogP contribution in [0.15, 0.2) is 54.7 Å². The highest BCUT2D eigenvalue weighted by Gasteiger charge is 2.50. The Kier molecular flexibility index (Phi) is 5.82. The number of H-pyrrole nitrogens is 1. The van der Waals surface area contributed by atoms with Crippen molar-refractivity contribution >= 4 is 17.3 Å². The van der Waals surface area contributed by atoms with E-state index in [0.717, 1.165) is 58.9 Å². The molecule has 0 unspecified atom stereocenters. The highest BCUT2D eigenvalue weighted by atomic mass is 16.1. The van der Waals surface area contributed by atoms with Gasteiger partial charge in [0.15, 0.2) is 0 Å². The number of anilines is 2. The quantitative estimate of drug-likeness (QED) is 0.330. The minimum absolute atomic E-state index is 0.164. The van der Waals surface area contributed by atoms with Gasteiger partial charge in [0, 0.05) is 28.4 Å². The number of carbonyl (C=O) groups excluding carboxylic acids is 1. The van der Waals surface area contributed by atoms with Gasteiger partial charge in [-0.3, -0.25) is 4.79 Å². The Bertz CT molecular complexity index is 1220. The van der Waals surface area contributed by atoms with E-state index in [9.17, 15) is 4.79 Å². The molecule has 37 heavy (non-hydrogen) atoms. The molecule has 1 aromatic heterocycles. The van der Waals surface area contributed by atoms with E-state index in [1.807, 2.05) is 30.5 Å². The van der Waals surface area contributed by atoms with Crippen molar-refractivity contribution in [3.05, 3.63) is 54.7 Å². The normalized spacial score (nSPS) is 28.8. The first-order valence-corrected chi connectivity index (χ1v) is 14.5. The average Bonchev–Trinajstić information content (AvgIpc) is 3.39. The van der Waals surface area contributed by atoms with Crippen molar-refractivity contribution in [1.82, 2.24) is 9.97 Å². The Labute approximate surface area is 219 Å². The molecule has 5 saturated carbocycles. The number of hydrogen-bond donors (Lipinski definition) is 3. The predicted octanol–water partition coefficient (Wildman–Crippen LogP) is 7.64. The van der Waals surface area contributed by atoms with Gasteiger partial charge in [-0.05, 0) is 111 Å². The van der Waals surface area contributed by atoms with Crippen LogP contribution in [0.5, 0.6) is 0 Å². The van der Waals surface area contributed by atoms with E-state index >= 15 is 0 Å². The van der Waals surface area contributed by atoms with Gasteiger partial charge in [0.2, 0.25) is 5.91 Å². The van der Waals surface area contributed by atoms with Crippen LogP contribution >= 0.6 is 0 Å². The molecule has 3 aromatic rings. The number of benzene rings is 2. The SMILES string of the molecule is O=C(Nc1ccc(-c2cnc(-c3ccc(NC45CC6CC(CC(C6)C4)C5)cc3)[nH]2)cc1)C1CCCCC1. The Hall–Kier alpha value is -3.08. The van der Waals surface area contributed by atoms with E-state index in [2.05, 4.69) is 44.9 Å². The molecule has 0 aliphatic heterocycles. The molecule has 2 aromatic carbocycles. The average molecular weight is 495 g/mol. The number of nitrogens with zero attached hydrogens (tertiary/aromatic N) is 1. The summed E-state index contributed by atoms with van der Waals surface area (Å²) in [6, 6.07) is 16.9. The first-order valence-electron chi connectivity index (χ1n) is 14.5. The molecular formula is C32H38N4O. The van der Waals surface area contributed by atoms with Gasteiger partial charge in [0.05, 0.1) is 11.9 Å². The molecular weight excluding hydrogens is 456 g/mol. The third kappa shape index (κ3) is 4.69. The number of amides is 1. The number of rotatable bonds is 6. The third-order valence-electron chi connectivity index (χ3n) is 9.62. The number of imidazole rings is 1. The van der Waals surface area contributed by atoms with Crippen LogP contribution < -0.4 is 10.6 Å². The van der Waals surface area contributed by atoms with Crippen molar-refractivity contribution in [3.8, 4) is 22.6 Å². The predicted molar refractivity (Wildman–Crippen MR) is 149 cm³/mol. The highest BCUT2D eigenvalue weighted by molar-refractivity contribution is 5.92. The van der Waals surface area contributed by atoms with Gasteiger partial charge in [-0.1, -0.05) is 31.4 Å². The molecule has 4 bridgehead atoms. The van der Waals surface area contributed by atoms with Gasteiger partial charge in [-0.15, -0.1) is 0 Å². The molecule has 1 heterocycles. The van der Waals surface area contributed by atoms with Gasteiger partial charge in [0.1, 0.15) is 5.82 Å². The number of aromatic amines is 1. The van der Waals surface area contributed by atoms with Gasteiger partial charge < -0.3 is 15.6 Å². The second-order valence-corrected chi connectivity index (χ2v) is 12.4. The summed E-state index contributed by atoms with van der Waals surface area (Å²) >= 11 is 0. The van der Waals surface area contributed by atoms with E-state index < -0.39 is 0 Å². The van der Waals surface area contributed by atoms with Gasteiger partial charge in [-0.2, -0.15) is 0 Å². The minimum Gasteiger partial charge on any atom is -0.380 e. The van der Waals surface area contributed by atoms with Gasteiger partial charge >= 0.3 is 0 Å². The fourth-order valence-corrected chi connectivity index (χ4v) is 8.24. The first-order chi connectivity index (χ1) is 18.1. The monoisotopic (exact) mass is 494 g/mol. The Balaban J connectivity index is 1.000. The molecule has 5 heteroatoms. The van der Waals surface area contributed by atoms with Gasteiger partial charge in [-0.25, -0.2) is 4.98 Å². The van der Waals surface area contributed by atoms with E-state index in [0.29, 0.717) is 5.54 Å². The molecule has 192 valence electrons. The van der Waals surface area contributed by atoms with Crippen LogP contribution in [0.25, 0.3) is 22.6 Å². The highest BCUT2D eigenvalue weighted by Crippen LogP contribution is 2.56. The maximum absolute atomic E-state index is 12.6. The van der Waals surface area contributed by atoms with E-state index in [1.165, 1.54) is 63.5 Å². The summed E-state index contributed by atoms with van der Waals surface area (Å²) in [4.78, 5) is 20.7. The molecule has 0 spiro atoms. The smallest absolute Gasteiger partial charge is 0.227 e. The summed E-state index contributed by atoms with van der Waals surface area (Å²) in [6.07, 6.45) is 16.0. The maximum Gasteiger partial charge on any atom is 0.227 e. The summed E-state index contributed by atoms with van der Waals surface area (Å²) in [6.45, 7) is 0. The molecule has 0 atom stereocenters. The third-order valence-corrected chi connectivity index (χ3v) is 9.62. The molecule has 5 aliphatic carbocycles. The molecule has 1 amide bonds. The van der Waals surface area contributed by atoms with Crippen LogP contribution in [0.1, 0.15) is 70.6 Å². The van der Waals surface area contributed by atoms with Crippen molar-refractivity contribution in [3.63, 3.8) is 0 Å². The van der Waals surface area contributed by atoms with Crippen molar-refractivity contribution in [2.45, 2.75) is 76.2 Å². The standard InChI is InChI=1S/C32H38N4O/c37-31(26-4-2-1-3-5-26)34-27-10-6-24(7-11-27)29-20-33-30(35-29)25-8-12-28(13-9-25)36-32-17-21-14-22(18-32)16-23(15-21)19-32/h6-13,20-23,26,36H,1-5,14-19H2,(H,33,35)(H,34,37). The Morgan fingerprint density at radius 3 is 2.03 bits per heavy atom. The lowest BCUT2D eigenvalue weighted by atomic mass is 9.53. The zero-order chi connectivity index (χ0) is 24.8. The number of hydrogen-bond acceptors (Lipinski definition) is 3. The lowest BCUT2D eigenvalue weighted by Gasteiger charge is -2.57. The van der Waals surface area contributed by atoms with Crippen LogP contribution in [0.2, 0.25) is 0 Å². The topological polar surface area (TPSA) is 69.8 Å². The summed E-state index contributed by atoms with van der Waals surface area (Å²) in [5.74, 6) is 4.05. The van der Waals surface area contributed by atoms with Crippen LogP contribution in [-0.4, -0.2) is 21.4 Å². The van der Waals surface area contributed by atoms with E-state index in [4.69, 9.17) is 0 Å². The molecule has 5 fully saturated rings. The fourth-order valence-electron chi connectivity index (χ4n) is 8.24. The fraction of sp³-hybridized carbons (Fsp3) is 0.500. The van der Waals surface area contributed by atoms with Crippen molar-refractivity contribution in [1.29, 1.82) is 0 Å². The summed E-state index contributed by atoms with van der Waals surface area (Å²) in [7, 11) is 0. The minimum atomic E-state index is 0.164. The number of aromatic nitrogens is 2. The molecule has 0 saturated heterocycles. The van der Waals surface area contributed by atoms with E-state index in [-0.39, 0.29) is 11.8 Å². The first kappa shape index (κ1) is 23.1. The summed E-state index contributed by atoms with van der Waals surface area (Å²) in [5, 5.41) is 7.08. The zero-order valence-electron chi connectivity index (χ0n) is 21.6.